The molecular formula is C13H15N3O2S. The Labute approximate surface area is 114 Å². The second-order valence-corrected chi connectivity index (χ2v) is 5.78. The van der Waals surface area contributed by atoms with Crippen LogP contribution in [0.15, 0.2) is 17.8 Å². The summed E-state index contributed by atoms with van der Waals surface area (Å²) in [7, 11) is 0. The number of anilines is 1. The zero-order valence-electron chi connectivity index (χ0n) is 10.5. The van der Waals surface area contributed by atoms with E-state index in [2.05, 4.69) is 14.9 Å². The molecule has 1 N–H and O–H groups in total. The number of thiophene rings is 1. The molecule has 3 heterocycles. The Kier molecular flexibility index (Phi) is 3.33. The van der Waals surface area contributed by atoms with Gasteiger partial charge in [-0.3, -0.25) is 4.79 Å². The fourth-order valence-corrected chi connectivity index (χ4v) is 3.43. The van der Waals surface area contributed by atoms with Crippen LogP contribution in [0.1, 0.15) is 19.3 Å². The van der Waals surface area contributed by atoms with E-state index in [0.717, 1.165) is 42.0 Å². The molecule has 19 heavy (non-hydrogen) atoms. The van der Waals surface area contributed by atoms with Crippen molar-refractivity contribution in [3.63, 3.8) is 0 Å². The van der Waals surface area contributed by atoms with E-state index in [0.29, 0.717) is 0 Å². The molecule has 0 saturated carbocycles. The third kappa shape index (κ3) is 2.53. The molecule has 1 aliphatic rings. The van der Waals surface area contributed by atoms with Crippen molar-refractivity contribution in [2.45, 2.75) is 19.3 Å². The number of hydrogen-bond acceptors (Lipinski definition) is 5. The van der Waals surface area contributed by atoms with Crippen LogP contribution in [-0.4, -0.2) is 34.1 Å². The summed E-state index contributed by atoms with van der Waals surface area (Å²) in [5, 5.41) is 12.0. The second kappa shape index (κ2) is 5.13. The molecule has 0 radical (unpaired) electrons. The van der Waals surface area contributed by atoms with Gasteiger partial charge in [0, 0.05) is 19.5 Å². The molecule has 5 nitrogen and oxygen atoms in total. The van der Waals surface area contributed by atoms with Gasteiger partial charge in [-0.1, -0.05) is 0 Å². The average Bonchev–Trinajstić information content (AvgIpc) is 2.86. The van der Waals surface area contributed by atoms with Gasteiger partial charge in [0.25, 0.3) is 0 Å². The van der Waals surface area contributed by atoms with Gasteiger partial charge in [-0.25, -0.2) is 9.97 Å². The minimum atomic E-state index is -0.713. The van der Waals surface area contributed by atoms with E-state index in [9.17, 15) is 4.79 Å². The number of fused-ring (bicyclic) bond motifs is 1. The number of aromatic nitrogens is 2. The number of carbonyl (C=O) groups is 1. The maximum absolute atomic E-state index is 10.8. The Hall–Kier alpha value is -1.69. The molecule has 0 amide bonds. The third-order valence-corrected chi connectivity index (χ3v) is 4.34. The van der Waals surface area contributed by atoms with Gasteiger partial charge >= 0.3 is 5.97 Å². The van der Waals surface area contributed by atoms with Crippen molar-refractivity contribution in [2.75, 3.05) is 18.0 Å². The molecule has 2 aromatic rings. The van der Waals surface area contributed by atoms with Crippen LogP contribution in [0.4, 0.5) is 5.82 Å². The van der Waals surface area contributed by atoms with E-state index in [-0.39, 0.29) is 12.3 Å². The van der Waals surface area contributed by atoms with Gasteiger partial charge in [0.2, 0.25) is 0 Å². The summed E-state index contributed by atoms with van der Waals surface area (Å²) in [6.07, 6.45) is 3.84. The van der Waals surface area contributed by atoms with Crippen molar-refractivity contribution in [3.8, 4) is 0 Å². The lowest BCUT2D eigenvalue weighted by molar-refractivity contribution is -0.138. The molecule has 2 aromatic heterocycles. The predicted octanol–water partition coefficient (Wildman–Crippen LogP) is 2.38. The van der Waals surface area contributed by atoms with Crippen LogP contribution in [0.3, 0.4) is 0 Å². The van der Waals surface area contributed by atoms with Crippen LogP contribution in [-0.2, 0) is 4.79 Å². The van der Waals surface area contributed by atoms with Crippen molar-refractivity contribution in [3.05, 3.63) is 17.8 Å². The molecule has 0 bridgehead atoms. The number of hydrogen-bond donors (Lipinski definition) is 1. The van der Waals surface area contributed by atoms with Gasteiger partial charge in [-0.15, -0.1) is 11.3 Å². The van der Waals surface area contributed by atoms with Gasteiger partial charge in [0.05, 0.1) is 5.39 Å². The van der Waals surface area contributed by atoms with Crippen molar-refractivity contribution in [2.24, 2.45) is 5.92 Å². The molecule has 1 unspecified atom stereocenters. The van der Waals surface area contributed by atoms with Crippen LogP contribution < -0.4 is 4.90 Å². The van der Waals surface area contributed by atoms with E-state index >= 15 is 0 Å². The van der Waals surface area contributed by atoms with E-state index < -0.39 is 5.97 Å². The molecule has 100 valence electrons. The molecule has 1 aliphatic heterocycles. The third-order valence-electron chi connectivity index (χ3n) is 3.52. The number of carboxylic acids is 1. The van der Waals surface area contributed by atoms with Crippen LogP contribution in [0, 0.1) is 5.92 Å². The van der Waals surface area contributed by atoms with E-state index in [1.54, 1.807) is 17.7 Å². The topological polar surface area (TPSA) is 66.3 Å². The first-order valence-electron chi connectivity index (χ1n) is 6.39. The normalized spacial score (nSPS) is 19.8. The smallest absolute Gasteiger partial charge is 0.303 e. The van der Waals surface area contributed by atoms with Crippen molar-refractivity contribution in [1.82, 2.24) is 9.97 Å². The van der Waals surface area contributed by atoms with E-state index in [1.165, 1.54) is 0 Å². The van der Waals surface area contributed by atoms with Crippen molar-refractivity contribution >= 4 is 33.3 Å². The Morgan fingerprint density at radius 1 is 1.53 bits per heavy atom. The quantitative estimate of drug-likeness (QED) is 0.933. The monoisotopic (exact) mass is 277 g/mol. The number of piperidine rings is 1. The van der Waals surface area contributed by atoms with Crippen LogP contribution >= 0.6 is 11.3 Å². The minimum Gasteiger partial charge on any atom is -0.481 e. The first-order valence-corrected chi connectivity index (χ1v) is 7.27. The summed E-state index contributed by atoms with van der Waals surface area (Å²) in [6, 6.07) is 2.04. The van der Waals surface area contributed by atoms with Crippen LogP contribution in [0.5, 0.6) is 0 Å². The highest BCUT2D eigenvalue weighted by Crippen LogP contribution is 2.30. The Balaban J connectivity index is 1.85. The highest BCUT2D eigenvalue weighted by molar-refractivity contribution is 7.16. The molecule has 3 rings (SSSR count). The SMILES string of the molecule is O=C(O)CC1CCCN(c2ncnc3sccc23)C1. The van der Waals surface area contributed by atoms with E-state index in [1.807, 2.05) is 11.4 Å². The van der Waals surface area contributed by atoms with Crippen LogP contribution in [0.25, 0.3) is 10.2 Å². The molecule has 1 fully saturated rings. The molecule has 0 aliphatic carbocycles. The minimum absolute atomic E-state index is 0.218. The standard InChI is InChI=1S/C13H15N3O2S/c17-11(18)6-9-2-1-4-16(7-9)12-10-3-5-19-13(10)15-8-14-12/h3,5,8-9H,1-2,4,6-7H2,(H,17,18). The number of carboxylic acid groups (broad SMARTS) is 1. The highest BCUT2D eigenvalue weighted by Gasteiger charge is 2.24. The molecule has 1 atom stereocenters. The number of aliphatic carboxylic acids is 1. The molecule has 0 aromatic carbocycles. The van der Waals surface area contributed by atoms with Gasteiger partial charge in [0.1, 0.15) is 17.0 Å². The number of rotatable bonds is 3. The summed E-state index contributed by atoms with van der Waals surface area (Å²) in [5.41, 5.74) is 0. The molecule has 1 saturated heterocycles. The Morgan fingerprint density at radius 2 is 2.42 bits per heavy atom. The largest absolute Gasteiger partial charge is 0.481 e. The lowest BCUT2D eigenvalue weighted by Gasteiger charge is -2.33. The highest BCUT2D eigenvalue weighted by atomic mass is 32.1. The summed E-state index contributed by atoms with van der Waals surface area (Å²) in [5.74, 6) is 0.450. The first kappa shape index (κ1) is 12.3. The summed E-state index contributed by atoms with van der Waals surface area (Å²) >= 11 is 1.61. The summed E-state index contributed by atoms with van der Waals surface area (Å²) in [6.45, 7) is 1.71. The summed E-state index contributed by atoms with van der Waals surface area (Å²) in [4.78, 5) is 22.7. The zero-order valence-corrected chi connectivity index (χ0v) is 11.3. The van der Waals surface area contributed by atoms with Crippen LogP contribution in [0.2, 0.25) is 0 Å². The molecule has 6 heteroatoms. The molecule has 0 spiro atoms. The lowest BCUT2D eigenvalue weighted by atomic mass is 9.95. The lowest BCUT2D eigenvalue weighted by Crippen LogP contribution is -2.36. The number of nitrogens with zero attached hydrogens (tertiary/aromatic N) is 3. The predicted molar refractivity (Wildman–Crippen MR) is 74.6 cm³/mol. The Bertz CT molecular complexity index is 598. The average molecular weight is 277 g/mol. The zero-order chi connectivity index (χ0) is 13.2. The first-order chi connectivity index (χ1) is 9.24. The maximum Gasteiger partial charge on any atom is 0.303 e. The second-order valence-electron chi connectivity index (χ2n) is 4.89. The van der Waals surface area contributed by atoms with E-state index in [4.69, 9.17) is 5.11 Å². The Morgan fingerprint density at radius 3 is 3.26 bits per heavy atom. The maximum atomic E-state index is 10.8. The van der Waals surface area contributed by atoms with Gasteiger partial charge in [-0.05, 0) is 30.2 Å². The molecular weight excluding hydrogens is 262 g/mol. The van der Waals surface area contributed by atoms with Crippen molar-refractivity contribution in [1.29, 1.82) is 0 Å². The fraction of sp³-hybridized carbons (Fsp3) is 0.462. The van der Waals surface area contributed by atoms with Gasteiger partial charge < -0.3 is 10.0 Å². The van der Waals surface area contributed by atoms with Gasteiger partial charge in [-0.2, -0.15) is 0 Å². The van der Waals surface area contributed by atoms with Gasteiger partial charge in [0.15, 0.2) is 0 Å². The summed E-state index contributed by atoms with van der Waals surface area (Å²) < 4.78 is 0. The fourth-order valence-electron chi connectivity index (χ4n) is 2.70. The van der Waals surface area contributed by atoms with Crippen molar-refractivity contribution < 1.29 is 9.90 Å².